The van der Waals surface area contributed by atoms with Crippen molar-refractivity contribution in [3.8, 4) is 11.5 Å². The van der Waals surface area contributed by atoms with Gasteiger partial charge in [0.2, 0.25) is 0 Å². The minimum absolute atomic E-state index is 0.525. The molecule has 1 saturated heterocycles. The molecule has 0 saturated carbocycles. The van der Waals surface area contributed by atoms with E-state index in [4.69, 9.17) is 14.2 Å². The van der Waals surface area contributed by atoms with Gasteiger partial charge in [0.25, 0.3) is 0 Å². The summed E-state index contributed by atoms with van der Waals surface area (Å²) in [5.74, 6) is 1.42. The second kappa shape index (κ2) is 5.54. The Morgan fingerprint density at radius 2 is 1.85 bits per heavy atom. The van der Waals surface area contributed by atoms with Gasteiger partial charge >= 0.3 is 0 Å². The second-order valence-corrected chi connectivity index (χ2v) is 6.39. The van der Waals surface area contributed by atoms with E-state index in [2.05, 4.69) is 15.9 Å². The zero-order valence-corrected chi connectivity index (χ0v) is 13.1. The number of aliphatic hydroxyl groups is 1. The van der Waals surface area contributed by atoms with Crippen molar-refractivity contribution in [2.24, 2.45) is 0 Å². The zero-order valence-electron chi connectivity index (χ0n) is 11.5. The number of ether oxygens (including phenoxy) is 3. The average molecular weight is 343 g/mol. The largest absolute Gasteiger partial charge is 0.490 e. The summed E-state index contributed by atoms with van der Waals surface area (Å²) < 4.78 is 17.9. The molecule has 0 aliphatic carbocycles. The van der Waals surface area contributed by atoms with Crippen molar-refractivity contribution >= 4 is 15.9 Å². The van der Waals surface area contributed by atoms with Crippen molar-refractivity contribution in [3.63, 3.8) is 0 Å². The lowest BCUT2D eigenvalue weighted by Gasteiger charge is -2.30. The monoisotopic (exact) mass is 342 g/mol. The molecule has 0 bridgehead atoms. The Bertz CT molecular complexity index is 497. The molecule has 2 atom stereocenters. The van der Waals surface area contributed by atoms with Crippen molar-refractivity contribution < 1.29 is 19.3 Å². The standard InChI is InChI=1S/C15H19BrO4/c1-15(4-2-7-20-15)14(17)10-8-12-13(9-11(10)16)19-6-3-5-18-12/h8-9,14,17H,2-7H2,1H3. The molecule has 2 heterocycles. The smallest absolute Gasteiger partial charge is 0.162 e. The number of rotatable bonds is 2. The maximum Gasteiger partial charge on any atom is 0.162 e. The highest BCUT2D eigenvalue weighted by Gasteiger charge is 2.39. The molecule has 2 aliphatic heterocycles. The summed E-state index contributed by atoms with van der Waals surface area (Å²) in [5, 5.41) is 10.7. The van der Waals surface area contributed by atoms with Gasteiger partial charge in [0.15, 0.2) is 11.5 Å². The van der Waals surface area contributed by atoms with Gasteiger partial charge in [-0.05, 0) is 31.9 Å². The Morgan fingerprint density at radius 1 is 1.15 bits per heavy atom. The normalized spacial score (nSPS) is 27.1. The maximum atomic E-state index is 10.7. The molecular weight excluding hydrogens is 324 g/mol. The van der Waals surface area contributed by atoms with Crippen LogP contribution in [0, 0.1) is 0 Å². The summed E-state index contributed by atoms with van der Waals surface area (Å²) in [4.78, 5) is 0. The molecule has 5 heteroatoms. The summed E-state index contributed by atoms with van der Waals surface area (Å²) in [5.41, 5.74) is 0.265. The lowest BCUT2D eigenvalue weighted by molar-refractivity contribution is -0.0799. The fourth-order valence-electron chi connectivity index (χ4n) is 2.75. The first-order valence-corrected chi connectivity index (χ1v) is 7.80. The van der Waals surface area contributed by atoms with Crippen LogP contribution in [0.5, 0.6) is 11.5 Å². The number of halogens is 1. The molecule has 1 aromatic carbocycles. The fourth-order valence-corrected chi connectivity index (χ4v) is 3.29. The van der Waals surface area contributed by atoms with Crippen molar-refractivity contribution in [2.75, 3.05) is 19.8 Å². The van der Waals surface area contributed by atoms with Gasteiger partial charge in [0.1, 0.15) is 6.10 Å². The number of hydrogen-bond acceptors (Lipinski definition) is 4. The van der Waals surface area contributed by atoms with E-state index in [1.54, 1.807) is 0 Å². The van der Waals surface area contributed by atoms with Crippen LogP contribution in [0.2, 0.25) is 0 Å². The van der Waals surface area contributed by atoms with E-state index in [1.807, 2.05) is 19.1 Å². The highest BCUT2D eigenvalue weighted by atomic mass is 79.9. The Kier molecular flexibility index (Phi) is 3.93. The molecule has 0 radical (unpaired) electrons. The Morgan fingerprint density at radius 3 is 2.50 bits per heavy atom. The quantitative estimate of drug-likeness (QED) is 0.896. The number of benzene rings is 1. The SMILES string of the molecule is CC1(C(O)c2cc3c(cc2Br)OCCCO3)CCCO1. The predicted octanol–water partition coefficient (Wildman–Crippen LogP) is 3.21. The molecule has 1 N–H and O–H groups in total. The van der Waals surface area contributed by atoms with E-state index in [-0.39, 0.29) is 0 Å². The van der Waals surface area contributed by atoms with E-state index >= 15 is 0 Å². The first-order valence-electron chi connectivity index (χ1n) is 7.01. The van der Waals surface area contributed by atoms with E-state index in [0.29, 0.717) is 25.6 Å². The summed E-state index contributed by atoms with van der Waals surface area (Å²) in [6, 6.07) is 3.74. The second-order valence-electron chi connectivity index (χ2n) is 5.54. The molecule has 0 amide bonds. The topological polar surface area (TPSA) is 47.9 Å². The molecule has 110 valence electrons. The van der Waals surface area contributed by atoms with Crippen LogP contribution < -0.4 is 9.47 Å². The summed E-state index contributed by atoms with van der Waals surface area (Å²) >= 11 is 3.52. The van der Waals surface area contributed by atoms with Gasteiger partial charge in [-0.3, -0.25) is 0 Å². The first-order chi connectivity index (χ1) is 9.60. The van der Waals surface area contributed by atoms with Crippen LogP contribution >= 0.6 is 15.9 Å². The van der Waals surface area contributed by atoms with Crippen LogP contribution in [0.4, 0.5) is 0 Å². The van der Waals surface area contributed by atoms with Crippen molar-refractivity contribution in [1.29, 1.82) is 0 Å². The number of fused-ring (bicyclic) bond motifs is 1. The maximum absolute atomic E-state index is 10.7. The number of hydrogen-bond donors (Lipinski definition) is 1. The van der Waals surface area contributed by atoms with Crippen molar-refractivity contribution in [1.82, 2.24) is 0 Å². The summed E-state index contributed by atoms with van der Waals surface area (Å²) in [6.45, 7) is 3.95. The minimum atomic E-state index is -0.684. The highest BCUT2D eigenvalue weighted by Crippen LogP contribution is 2.43. The molecule has 2 unspecified atom stereocenters. The number of aliphatic hydroxyl groups excluding tert-OH is 1. The van der Waals surface area contributed by atoms with Crippen LogP contribution in [0.3, 0.4) is 0 Å². The molecule has 0 spiro atoms. The third-order valence-corrected chi connectivity index (χ3v) is 4.68. The van der Waals surface area contributed by atoms with Crippen LogP contribution in [-0.2, 0) is 4.74 Å². The zero-order chi connectivity index (χ0) is 14.2. The summed E-state index contributed by atoms with van der Waals surface area (Å²) in [7, 11) is 0. The lowest BCUT2D eigenvalue weighted by Crippen LogP contribution is -2.32. The van der Waals surface area contributed by atoms with Crippen LogP contribution in [0.1, 0.15) is 37.9 Å². The minimum Gasteiger partial charge on any atom is -0.490 e. The first kappa shape index (κ1) is 14.2. The van der Waals surface area contributed by atoms with Gasteiger partial charge in [-0.25, -0.2) is 0 Å². The Hall–Kier alpha value is -0.780. The molecular formula is C15H19BrO4. The van der Waals surface area contributed by atoms with Gasteiger partial charge in [0, 0.05) is 23.1 Å². The molecule has 20 heavy (non-hydrogen) atoms. The highest BCUT2D eigenvalue weighted by molar-refractivity contribution is 9.10. The third-order valence-electron chi connectivity index (χ3n) is 3.99. The van der Waals surface area contributed by atoms with Crippen LogP contribution in [-0.4, -0.2) is 30.5 Å². The Labute approximate surface area is 127 Å². The Balaban J connectivity index is 1.95. The van der Waals surface area contributed by atoms with Crippen molar-refractivity contribution in [2.45, 2.75) is 37.9 Å². The molecule has 3 rings (SSSR count). The van der Waals surface area contributed by atoms with Gasteiger partial charge < -0.3 is 19.3 Å². The average Bonchev–Trinajstić information content (AvgIpc) is 2.75. The molecule has 0 aromatic heterocycles. The molecule has 1 aromatic rings. The van der Waals surface area contributed by atoms with Gasteiger partial charge in [0.05, 0.1) is 18.8 Å². The van der Waals surface area contributed by atoms with E-state index in [0.717, 1.165) is 35.0 Å². The fraction of sp³-hybridized carbons (Fsp3) is 0.600. The van der Waals surface area contributed by atoms with E-state index in [9.17, 15) is 5.11 Å². The third kappa shape index (κ3) is 2.54. The van der Waals surface area contributed by atoms with E-state index in [1.165, 1.54) is 0 Å². The molecule has 2 aliphatic rings. The van der Waals surface area contributed by atoms with Gasteiger partial charge in [-0.15, -0.1) is 0 Å². The van der Waals surface area contributed by atoms with Crippen LogP contribution in [0.15, 0.2) is 16.6 Å². The van der Waals surface area contributed by atoms with Gasteiger partial charge in [-0.2, -0.15) is 0 Å². The lowest BCUT2D eigenvalue weighted by atomic mass is 9.90. The van der Waals surface area contributed by atoms with Crippen molar-refractivity contribution in [3.05, 3.63) is 22.2 Å². The van der Waals surface area contributed by atoms with Gasteiger partial charge in [-0.1, -0.05) is 15.9 Å². The van der Waals surface area contributed by atoms with Crippen LogP contribution in [0.25, 0.3) is 0 Å². The predicted molar refractivity (Wildman–Crippen MR) is 78.3 cm³/mol. The van der Waals surface area contributed by atoms with E-state index < -0.39 is 11.7 Å². The molecule has 4 nitrogen and oxygen atoms in total. The molecule has 1 fully saturated rings. The summed E-state index contributed by atoms with van der Waals surface area (Å²) in [6.07, 6.45) is 2.02.